The van der Waals surface area contributed by atoms with Crippen LogP contribution in [0.15, 0.2) is 22.6 Å². The molecule has 4 nitrogen and oxygen atoms in total. The van der Waals surface area contributed by atoms with Crippen LogP contribution in [0.25, 0.3) is 0 Å². The Balaban J connectivity index is 1.88. The minimum Gasteiger partial charge on any atom is -0.475 e. The summed E-state index contributed by atoms with van der Waals surface area (Å²) < 4.78 is 5.12. The average molecular weight is 264 g/mol. The van der Waals surface area contributed by atoms with Gasteiger partial charge in [0.05, 0.1) is 0 Å². The molecule has 94 valence electrons. The lowest BCUT2D eigenvalue weighted by Gasteiger charge is -2.04. The van der Waals surface area contributed by atoms with Gasteiger partial charge in [-0.25, -0.2) is 4.79 Å². The standard InChI is InChI=1S/C13H12O4S/c14-12(8-4-5-9(17-8)13(15)16)11-6-7-2-1-3-10(7)18-11/h4-6,12,14H,1-3H2,(H,15,16). The van der Waals surface area contributed by atoms with Crippen molar-refractivity contribution in [3.63, 3.8) is 0 Å². The topological polar surface area (TPSA) is 70.7 Å². The predicted octanol–water partition coefficient (Wildman–Crippen LogP) is 2.61. The van der Waals surface area contributed by atoms with E-state index in [1.807, 2.05) is 6.07 Å². The number of thiophene rings is 1. The molecule has 0 saturated heterocycles. The van der Waals surface area contributed by atoms with Gasteiger partial charge >= 0.3 is 5.97 Å². The molecule has 18 heavy (non-hydrogen) atoms. The lowest BCUT2D eigenvalue weighted by atomic mass is 10.2. The van der Waals surface area contributed by atoms with Crippen molar-refractivity contribution in [2.75, 3.05) is 0 Å². The largest absolute Gasteiger partial charge is 0.475 e. The molecule has 3 rings (SSSR count). The van der Waals surface area contributed by atoms with E-state index >= 15 is 0 Å². The normalized spacial score (nSPS) is 15.6. The third-order valence-corrected chi connectivity index (χ3v) is 4.43. The number of aromatic carboxylic acids is 1. The van der Waals surface area contributed by atoms with E-state index < -0.39 is 12.1 Å². The highest BCUT2D eigenvalue weighted by Gasteiger charge is 2.22. The van der Waals surface area contributed by atoms with Crippen LogP contribution >= 0.6 is 11.3 Å². The molecule has 1 aliphatic rings. The molecule has 2 heterocycles. The molecule has 1 aliphatic carbocycles. The molecular formula is C13H12O4S. The highest BCUT2D eigenvalue weighted by atomic mass is 32.1. The molecule has 0 saturated carbocycles. The van der Waals surface area contributed by atoms with Crippen LogP contribution in [-0.2, 0) is 12.8 Å². The number of rotatable bonds is 3. The molecule has 2 N–H and O–H groups in total. The molecule has 0 spiro atoms. The third kappa shape index (κ3) is 1.85. The first-order valence-corrected chi connectivity index (χ1v) is 6.59. The van der Waals surface area contributed by atoms with E-state index in [9.17, 15) is 9.90 Å². The quantitative estimate of drug-likeness (QED) is 0.894. The Morgan fingerprint density at radius 2 is 2.22 bits per heavy atom. The van der Waals surface area contributed by atoms with Gasteiger partial charge in [-0.15, -0.1) is 11.3 Å². The maximum Gasteiger partial charge on any atom is 0.371 e. The molecule has 0 aromatic carbocycles. The first-order valence-electron chi connectivity index (χ1n) is 5.77. The highest BCUT2D eigenvalue weighted by molar-refractivity contribution is 7.12. The first kappa shape index (κ1) is 11.5. The van der Waals surface area contributed by atoms with Crippen molar-refractivity contribution >= 4 is 17.3 Å². The van der Waals surface area contributed by atoms with Crippen LogP contribution < -0.4 is 0 Å². The summed E-state index contributed by atoms with van der Waals surface area (Å²) in [5.74, 6) is -0.984. The van der Waals surface area contributed by atoms with E-state index in [0.717, 1.165) is 17.7 Å². The van der Waals surface area contributed by atoms with Crippen LogP contribution in [0.2, 0.25) is 0 Å². The zero-order chi connectivity index (χ0) is 12.7. The van der Waals surface area contributed by atoms with Crippen molar-refractivity contribution in [1.29, 1.82) is 0 Å². The van der Waals surface area contributed by atoms with Crippen LogP contribution in [0.3, 0.4) is 0 Å². The van der Waals surface area contributed by atoms with Gasteiger partial charge in [0.1, 0.15) is 11.9 Å². The fourth-order valence-electron chi connectivity index (χ4n) is 2.24. The van der Waals surface area contributed by atoms with Gasteiger partial charge in [-0.1, -0.05) is 0 Å². The maximum absolute atomic E-state index is 10.7. The number of fused-ring (bicyclic) bond motifs is 1. The summed E-state index contributed by atoms with van der Waals surface area (Å²) in [7, 11) is 0. The molecule has 2 aromatic heterocycles. The zero-order valence-electron chi connectivity index (χ0n) is 9.55. The SMILES string of the molecule is O=C(O)c1ccc(C(O)c2cc3c(s2)CCC3)o1. The second kappa shape index (κ2) is 4.26. The molecule has 0 radical (unpaired) electrons. The smallest absolute Gasteiger partial charge is 0.371 e. The molecule has 1 unspecified atom stereocenters. The molecular weight excluding hydrogens is 252 g/mol. The average Bonchev–Trinajstić information content (AvgIpc) is 3.02. The first-order chi connectivity index (χ1) is 8.65. The number of hydrogen-bond acceptors (Lipinski definition) is 4. The van der Waals surface area contributed by atoms with E-state index in [1.165, 1.54) is 29.0 Å². The fourth-order valence-corrected chi connectivity index (χ4v) is 3.49. The van der Waals surface area contributed by atoms with E-state index in [-0.39, 0.29) is 11.5 Å². The molecule has 1 atom stereocenters. The van der Waals surface area contributed by atoms with Gasteiger partial charge in [-0.05, 0) is 43.0 Å². The van der Waals surface area contributed by atoms with Gasteiger partial charge in [-0.2, -0.15) is 0 Å². The molecule has 5 heteroatoms. The molecule has 0 amide bonds. The van der Waals surface area contributed by atoms with E-state index in [0.29, 0.717) is 0 Å². The summed E-state index contributed by atoms with van der Waals surface area (Å²) >= 11 is 1.59. The van der Waals surface area contributed by atoms with Crippen molar-refractivity contribution in [1.82, 2.24) is 0 Å². The molecule has 2 aromatic rings. The fraction of sp³-hybridized carbons (Fsp3) is 0.308. The number of aryl methyl sites for hydroxylation is 2. The zero-order valence-corrected chi connectivity index (χ0v) is 10.4. The van der Waals surface area contributed by atoms with Crippen molar-refractivity contribution in [3.05, 3.63) is 45.0 Å². The lowest BCUT2D eigenvalue weighted by molar-refractivity contribution is 0.0655. The maximum atomic E-state index is 10.7. The number of aliphatic hydroxyl groups is 1. The van der Waals surface area contributed by atoms with E-state index in [2.05, 4.69) is 0 Å². The van der Waals surface area contributed by atoms with Crippen LogP contribution in [-0.4, -0.2) is 16.2 Å². The summed E-state index contributed by atoms with van der Waals surface area (Å²) in [6.45, 7) is 0. The number of aliphatic hydroxyl groups excluding tert-OH is 1. The van der Waals surface area contributed by atoms with E-state index in [1.54, 1.807) is 11.3 Å². The van der Waals surface area contributed by atoms with Gasteiger partial charge < -0.3 is 14.6 Å². The van der Waals surface area contributed by atoms with Crippen molar-refractivity contribution < 1.29 is 19.4 Å². The van der Waals surface area contributed by atoms with Gasteiger partial charge in [0.2, 0.25) is 5.76 Å². The van der Waals surface area contributed by atoms with Gasteiger partial charge in [-0.3, -0.25) is 0 Å². The third-order valence-electron chi connectivity index (χ3n) is 3.14. The summed E-state index contributed by atoms with van der Waals surface area (Å²) in [5.41, 5.74) is 1.30. The Morgan fingerprint density at radius 3 is 2.89 bits per heavy atom. The van der Waals surface area contributed by atoms with Crippen LogP contribution in [0.5, 0.6) is 0 Å². The Bertz CT molecular complexity index is 574. The number of hydrogen-bond donors (Lipinski definition) is 2. The number of carboxylic acids is 1. The predicted molar refractivity (Wildman–Crippen MR) is 66.1 cm³/mol. The Kier molecular flexibility index (Phi) is 2.72. The molecule has 0 bridgehead atoms. The Labute approximate surface area is 107 Å². The van der Waals surface area contributed by atoms with Crippen molar-refractivity contribution in [2.45, 2.75) is 25.4 Å². The highest BCUT2D eigenvalue weighted by Crippen LogP contribution is 2.36. The van der Waals surface area contributed by atoms with Crippen molar-refractivity contribution in [2.24, 2.45) is 0 Å². The number of carbonyl (C=O) groups is 1. The summed E-state index contributed by atoms with van der Waals surface area (Å²) in [4.78, 5) is 12.9. The summed E-state index contributed by atoms with van der Waals surface area (Å²) in [6, 6.07) is 4.88. The van der Waals surface area contributed by atoms with Gasteiger partial charge in [0.15, 0.2) is 0 Å². The van der Waals surface area contributed by atoms with E-state index in [4.69, 9.17) is 9.52 Å². The van der Waals surface area contributed by atoms with Crippen LogP contribution in [0, 0.1) is 0 Å². The van der Waals surface area contributed by atoms with Crippen molar-refractivity contribution in [3.8, 4) is 0 Å². The lowest BCUT2D eigenvalue weighted by Crippen LogP contribution is -1.96. The Morgan fingerprint density at radius 1 is 1.39 bits per heavy atom. The summed E-state index contributed by atoms with van der Waals surface area (Å²) in [6.07, 6.45) is 2.46. The number of furan rings is 1. The summed E-state index contributed by atoms with van der Waals surface area (Å²) in [5, 5.41) is 18.9. The van der Waals surface area contributed by atoms with Gasteiger partial charge in [0, 0.05) is 9.75 Å². The minimum atomic E-state index is -1.12. The minimum absolute atomic E-state index is 0.145. The number of carboxylic acid groups (broad SMARTS) is 1. The van der Waals surface area contributed by atoms with Crippen LogP contribution in [0.1, 0.15) is 44.2 Å². The van der Waals surface area contributed by atoms with Crippen LogP contribution in [0.4, 0.5) is 0 Å². The van der Waals surface area contributed by atoms with Gasteiger partial charge in [0.25, 0.3) is 0 Å². The second-order valence-electron chi connectivity index (χ2n) is 4.36. The second-order valence-corrected chi connectivity index (χ2v) is 5.53. The monoisotopic (exact) mass is 264 g/mol. The Hall–Kier alpha value is -1.59. The molecule has 0 aliphatic heterocycles. The molecule has 0 fully saturated rings.